The quantitative estimate of drug-likeness (QED) is 0.875. The lowest BCUT2D eigenvalue weighted by atomic mass is 9.93. The van der Waals surface area contributed by atoms with Crippen molar-refractivity contribution in [3.63, 3.8) is 0 Å². The summed E-state index contributed by atoms with van der Waals surface area (Å²) in [5.74, 6) is 1.17. The molecule has 0 fully saturated rings. The van der Waals surface area contributed by atoms with Crippen LogP contribution in [0.1, 0.15) is 12.5 Å². The van der Waals surface area contributed by atoms with Crippen molar-refractivity contribution in [2.45, 2.75) is 19.4 Å². The van der Waals surface area contributed by atoms with Crippen molar-refractivity contribution in [1.82, 2.24) is 5.32 Å². The van der Waals surface area contributed by atoms with E-state index in [4.69, 9.17) is 0 Å². The highest BCUT2D eigenvalue weighted by Crippen LogP contribution is 2.24. The average molecular weight is 264 g/mol. The monoisotopic (exact) mass is 264 g/mol. The van der Waals surface area contributed by atoms with Gasteiger partial charge >= 0.3 is 0 Å². The molecule has 2 unspecified atom stereocenters. The number of amides is 1. The third-order valence-electron chi connectivity index (χ3n) is 3.20. The Morgan fingerprint density at radius 2 is 2.33 bits per heavy atom. The van der Waals surface area contributed by atoms with Crippen LogP contribution >= 0.6 is 11.8 Å². The Kier molecular flexibility index (Phi) is 4.53. The molecule has 2 rings (SSSR count). The van der Waals surface area contributed by atoms with E-state index in [9.17, 15) is 4.79 Å². The van der Waals surface area contributed by atoms with E-state index in [1.54, 1.807) is 11.8 Å². The molecule has 98 valence electrons. The van der Waals surface area contributed by atoms with Crippen molar-refractivity contribution in [1.29, 1.82) is 0 Å². The summed E-state index contributed by atoms with van der Waals surface area (Å²) >= 11 is 1.76. The molecule has 1 aromatic carbocycles. The van der Waals surface area contributed by atoms with Gasteiger partial charge < -0.3 is 10.6 Å². The highest BCUT2D eigenvalue weighted by molar-refractivity contribution is 7.98. The summed E-state index contributed by atoms with van der Waals surface area (Å²) in [5.41, 5.74) is 2.40. The standard InChI is InChI=1S/C14H20N2OS/c1-10(9-18-2)16-14(17)12-7-11-5-3-4-6-13(11)15-8-12/h3-6,10,12,15H,7-9H2,1-2H3,(H,16,17). The lowest BCUT2D eigenvalue weighted by Gasteiger charge is -2.26. The maximum atomic E-state index is 12.1. The van der Waals surface area contributed by atoms with Gasteiger partial charge in [-0.05, 0) is 31.2 Å². The number of thioether (sulfide) groups is 1. The van der Waals surface area contributed by atoms with E-state index in [1.165, 1.54) is 11.3 Å². The summed E-state index contributed by atoms with van der Waals surface area (Å²) in [6, 6.07) is 8.45. The Hall–Kier alpha value is -1.16. The normalized spacial score (nSPS) is 19.6. The second-order valence-electron chi connectivity index (χ2n) is 4.80. The zero-order valence-electron chi connectivity index (χ0n) is 10.9. The predicted molar refractivity (Wildman–Crippen MR) is 78.1 cm³/mol. The van der Waals surface area contributed by atoms with E-state index < -0.39 is 0 Å². The molecular formula is C14H20N2OS. The molecule has 0 aliphatic carbocycles. The summed E-state index contributed by atoms with van der Waals surface area (Å²) in [4.78, 5) is 12.1. The molecule has 1 amide bonds. The van der Waals surface area contributed by atoms with Crippen LogP contribution < -0.4 is 10.6 Å². The van der Waals surface area contributed by atoms with Crippen molar-refractivity contribution in [2.75, 3.05) is 23.9 Å². The van der Waals surface area contributed by atoms with Crippen LogP contribution in [0.5, 0.6) is 0 Å². The number of rotatable bonds is 4. The summed E-state index contributed by atoms with van der Waals surface area (Å²) in [7, 11) is 0. The Morgan fingerprint density at radius 1 is 1.56 bits per heavy atom. The van der Waals surface area contributed by atoms with E-state index in [0.29, 0.717) is 0 Å². The number of anilines is 1. The first kappa shape index (κ1) is 13.3. The van der Waals surface area contributed by atoms with Crippen LogP contribution in [-0.4, -0.2) is 30.5 Å². The number of hydrogen-bond donors (Lipinski definition) is 2. The van der Waals surface area contributed by atoms with Crippen LogP contribution in [0.25, 0.3) is 0 Å². The first-order chi connectivity index (χ1) is 8.70. The molecule has 0 aromatic heterocycles. The van der Waals surface area contributed by atoms with Crippen LogP contribution in [0.4, 0.5) is 5.69 Å². The van der Waals surface area contributed by atoms with Gasteiger partial charge in [-0.2, -0.15) is 11.8 Å². The van der Waals surface area contributed by atoms with Gasteiger partial charge in [0.15, 0.2) is 0 Å². The maximum Gasteiger partial charge on any atom is 0.225 e. The molecule has 1 aliphatic rings. The molecule has 0 radical (unpaired) electrons. The minimum absolute atomic E-state index is 0.0456. The molecule has 0 spiro atoms. The minimum Gasteiger partial charge on any atom is -0.384 e. The highest BCUT2D eigenvalue weighted by Gasteiger charge is 2.24. The zero-order valence-corrected chi connectivity index (χ0v) is 11.7. The first-order valence-corrected chi connectivity index (χ1v) is 7.71. The topological polar surface area (TPSA) is 41.1 Å². The van der Waals surface area contributed by atoms with E-state index in [1.807, 2.05) is 12.1 Å². The second-order valence-corrected chi connectivity index (χ2v) is 5.71. The van der Waals surface area contributed by atoms with Gasteiger partial charge in [-0.1, -0.05) is 18.2 Å². The van der Waals surface area contributed by atoms with Crippen molar-refractivity contribution in [2.24, 2.45) is 5.92 Å². The van der Waals surface area contributed by atoms with Crippen molar-refractivity contribution >= 4 is 23.4 Å². The second kappa shape index (κ2) is 6.14. The van der Waals surface area contributed by atoms with E-state index in [-0.39, 0.29) is 17.9 Å². The molecule has 1 aromatic rings. The molecule has 3 nitrogen and oxygen atoms in total. The van der Waals surface area contributed by atoms with Gasteiger partial charge in [0.1, 0.15) is 0 Å². The van der Waals surface area contributed by atoms with Crippen LogP contribution in [0.3, 0.4) is 0 Å². The van der Waals surface area contributed by atoms with Gasteiger partial charge in [0.2, 0.25) is 5.91 Å². The molecule has 1 aliphatic heterocycles. The number of carbonyl (C=O) groups excluding carboxylic acids is 1. The Labute approximate surface area is 113 Å². The predicted octanol–water partition coefficient (Wildman–Crippen LogP) is 2.14. The number of hydrogen-bond acceptors (Lipinski definition) is 3. The van der Waals surface area contributed by atoms with Crippen molar-refractivity contribution in [3.8, 4) is 0 Å². The molecule has 2 N–H and O–H groups in total. The number of carbonyl (C=O) groups is 1. The Morgan fingerprint density at radius 3 is 3.11 bits per heavy atom. The third-order valence-corrected chi connectivity index (χ3v) is 4.03. The Balaban J connectivity index is 1.94. The maximum absolute atomic E-state index is 12.1. The summed E-state index contributed by atoms with van der Waals surface area (Å²) in [6.07, 6.45) is 2.89. The highest BCUT2D eigenvalue weighted by atomic mass is 32.2. The van der Waals surface area contributed by atoms with Crippen LogP contribution in [0.15, 0.2) is 24.3 Å². The SMILES string of the molecule is CSCC(C)NC(=O)C1CNc2ccccc2C1. The summed E-state index contributed by atoms with van der Waals surface area (Å²) in [6.45, 7) is 2.79. The van der Waals surface area contributed by atoms with Gasteiger partial charge in [-0.15, -0.1) is 0 Å². The van der Waals surface area contributed by atoms with E-state index >= 15 is 0 Å². The largest absolute Gasteiger partial charge is 0.384 e. The third kappa shape index (κ3) is 3.19. The zero-order chi connectivity index (χ0) is 13.0. The van der Waals surface area contributed by atoms with Gasteiger partial charge in [0, 0.05) is 24.0 Å². The fourth-order valence-electron chi connectivity index (χ4n) is 2.28. The van der Waals surface area contributed by atoms with Crippen molar-refractivity contribution < 1.29 is 4.79 Å². The lowest BCUT2D eigenvalue weighted by molar-refractivity contribution is -0.125. The van der Waals surface area contributed by atoms with Crippen molar-refractivity contribution in [3.05, 3.63) is 29.8 Å². The number of benzene rings is 1. The minimum atomic E-state index is 0.0456. The molecule has 0 saturated heterocycles. The number of nitrogens with one attached hydrogen (secondary N) is 2. The Bertz CT molecular complexity index is 422. The molecular weight excluding hydrogens is 244 g/mol. The summed E-state index contributed by atoms with van der Waals surface area (Å²) in [5, 5.41) is 6.41. The number of para-hydroxylation sites is 1. The molecule has 18 heavy (non-hydrogen) atoms. The van der Waals surface area contributed by atoms with E-state index in [2.05, 4.69) is 35.9 Å². The van der Waals surface area contributed by atoms with Gasteiger partial charge in [-0.3, -0.25) is 4.79 Å². The van der Waals surface area contributed by atoms with Crippen LogP contribution in [0.2, 0.25) is 0 Å². The molecule has 2 atom stereocenters. The van der Waals surface area contributed by atoms with Crippen LogP contribution in [0, 0.1) is 5.92 Å². The number of fused-ring (bicyclic) bond motifs is 1. The molecule has 1 heterocycles. The average Bonchev–Trinajstić information content (AvgIpc) is 2.38. The summed E-state index contributed by atoms with van der Waals surface area (Å²) < 4.78 is 0. The van der Waals surface area contributed by atoms with E-state index in [0.717, 1.165) is 18.7 Å². The van der Waals surface area contributed by atoms with Gasteiger partial charge in [-0.25, -0.2) is 0 Å². The van der Waals surface area contributed by atoms with Crippen LogP contribution in [-0.2, 0) is 11.2 Å². The molecule has 0 bridgehead atoms. The lowest BCUT2D eigenvalue weighted by Crippen LogP contribution is -2.42. The first-order valence-electron chi connectivity index (χ1n) is 6.31. The molecule has 0 saturated carbocycles. The van der Waals surface area contributed by atoms with Gasteiger partial charge in [0.05, 0.1) is 5.92 Å². The fraction of sp³-hybridized carbons (Fsp3) is 0.500. The van der Waals surface area contributed by atoms with Gasteiger partial charge in [0.25, 0.3) is 0 Å². The molecule has 4 heteroatoms. The fourth-order valence-corrected chi connectivity index (χ4v) is 2.86. The smallest absolute Gasteiger partial charge is 0.225 e.